The van der Waals surface area contributed by atoms with Crippen molar-refractivity contribution in [3.8, 4) is 11.5 Å². The summed E-state index contributed by atoms with van der Waals surface area (Å²) >= 11 is 0. The maximum absolute atomic E-state index is 12.5. The Morgan fingerprint density at radius 1 is 0.786 bits per heavy atom. The summed E-state index contributed by atoms with van der Waals surface area (Å²) in [7, 11) is 0. The molecule has 12 heteroatoms. The van der Waals surface area contributed by atoms with Crippen molar-refractivity contribution in [2.24, 2.45) is 28.4 Å². The highest BCUT2D eigenvalue weighted by Gasteiger charge is 2.36. The first kappa shape index (κ1) is 36.5. The number of carbonyl (C=O) groups is 4. The minimum absolute atomic E-state index is 0.0423. The number of carboxylic acid groups (broad SMARTS) is 1. The molecule has 0 aliphatic heterocycles. The van der Waals surface area contributed by atoms with Gasteiger partial charge in [0.2, 0.25) is 0 Å². The molecule has 0 heterocycles. The topological polar surface area (TPSA) is 170 Å². The fraction of sp³-hybridized carbons (Fsp3) is 0.667. The number of aliphatic carboxylic acids is 1. The summed E-state index contributed by atoms with van der Waals surface area (Å²) in [6, 6.07) is 2.70. The van der Waals surface area contributed by atoms with Crippen LogP contribution in [-0.4, -0.2) is 61.5 Å². The van der Waals surface area contributed by atoms with Gasteiger partial charge >= 0.3 is 24.4 Å². The third-order valence-electron chi connectivity index (χ3n) is 5.78. The zero-order valence-corrected chi connectivity index (χ0v) is 26.3. The Kier molecular flexibility index (Phi) is 13.6. The quantitative estimate of drug-likeness (QED) is 0.160. The Morgan fingerprint density at radius 3 is 1.74 bits per heavy atom. The van der Waals surface area contributed by atoms with Crippen molar-refractivity contribution in [1.29, 1.82) is 0 Å². The lowest BCUT2D eigenvalue weighted by Gasteiger charge is -2.31. The molecule has 0 saturated heterocycles. The van der Waals surface area contributed by atoms with Gasteiger partial charge in [0.05, 0.1) is 19.8 Å². The molecule has 0 aromatic heterocycles. The zero-order valence-electron chi connectivity index (χ0n) is 26.3. The maximum atomic E-state index is 12.5. The van der Waals surface area contributed by atoms with E-state index in [9.17, 15) is 24.3 Å². The highest BCUT2D eigenvalue weighted by Crippen LogP contribution is 2.37. The molecule has 0 amide bonds. The standard InChI is InChI=1S/C30H47NO11/c1-17(2)14-37-26(34)40-19(4)18(3)23(24(31)25(32)33)20-11-12-21(41-27(35)38-15-29(5,6)7)22(13-20)42-28(36)39-16-30(8,9)10/h11-13,17-19,23-24H,14-16,31H2,1-10H3,(H,32,33)/t18?,19?,23?,24-/m0/s1. The number of rotatable bonds is 12. The van der Waals surface area contributed by atoms with Crippen molar-refractivity contribution in [3.05, 3.63) is 23.8 Å². The van der Waals surface area contributed by atoms with Gasteiger partial charge in [-0.15, -0.1) is 0 Å². The van der Waals surface area contributed by atoms with Crippen LogP contribution < -0.4 is 15.2 Å². The Balaban J connectivity index is 3.41. The SMILES string of the molecule is CC(C)COC(=O)OC(C)C(C)C(c1ccc(OC(=O)OCC(C)(C)C)c(OC(=O)OCC(C)(C)C)c1)[C@H](N)C(=O)O. The van der Waals surface area contributed by atoms with Gasteiger partial charge in [-0.1, -0.05) is 68.4 Å². The van der Waals surface area contributed by atoms with Crippen molar-refractivity contribution in [2.75, 3.05) is 19.8 Å². The fourth-order valence-electron chi connectivity index (χ4n) is 3.50. The fourth-order valence-corrected chi connectivity index (χ4v) is 3.50. The first-order valence-corrected chi connectivity index (χ1v) is 13.8. The smallest absolute Gasteiger partial charge is 0.480 e. The van der Waals surface area contributed by atoms with Crippen LogP contribution in [0.15, 0.2) is 18.2 Å². The van der Waals surface area contributed by atoms with E-state index in [2.05, 4.69) is 0 Å². The minimum Gasteiger partial charge on any atom is -0.480 e. The molecule has 1 aromatic rings. The summed E-state index contributed by atoms with van der Waals surface area (Å²) in [6.07, 6.45) is -3.80. The van der Waals surface area contributed by atoms with Gasteiger partial charge in [0.1, 0.15) is 12.1 Å². The van der Waals surface area contributed by atoms with E-state index in [1.807, 2.05) is 55.4 Å². The average molecular weight is 598 g/mol. The zero-order chi connectivity index (χ0) is 32.4. The van der Waals surface area contributed by atoms with Crippen molar-refractivity contribution >= 4 is 24.4 Å². The molecule has 0 fully saturated rings. The number of benzene rings is 1. The number of nitrogens with two attached hydrogens (primary N) is 1. The number of carboxylic acids is 1. The summed E-state index contributed by atoms with van der Waals surface area (Å²) in [6.45, 7) is 18.5. The Hall–Kier alpha value is -3.54. The Morgan fingerprint density at radius 2 is 1.29 bits per heavy atom. The molecule has 238 valence electrons. The Bertz CT molecular complexity index is 1070. The van der Waals surface area contributed by atoms with Crippen LogP contribution in [0.1, 0.15) is 80.7 Å². The van der Waals surface area contributed by atoms with Crippen LogP contribution in [0.2, 0.25) is 0 Å². The highest BCUT2D eigenvalue weighted by atomic mass is 16.7. The number of hydrogen-bond donors (Lipinski definition) is 2. The molecule has 0 saturated carbocycles. The highest BCUT2D eigenvalue weighted by molar-refractivity contribution is 5.75. The van der Waals surface area contributed by atoms with Crippen LogP contribution in [0.25, 0.3) is 0 Å². The van der Waals surface area contributed by atoms with Gasteiger partial charge in [0, 0.05) is 11.8 Å². The lowest BCUT2D eigenvalue weighted by atomic mass is 9.79. The van der Waals surface area contributed by atoms with E-state index in [-0.39, 0.29) is 48.1 Å². The minimum atomic E-state index is -1.44. The van der Waals surface area contributed by atoms with Gasteiger partial charge < -0.3 is 39.3 Å². The van der Waals surface area contributed by atoms with E-state index >= 15 is 0 Å². The lowest BCUT2D eigenvalue weighted by molar-refractivity contribution is -0.139. The summed E-state index contributed by atoms with van der Waals surface area (Å²) in [4.78, 5) is 49.1. The second kappa shape index (κ2) is 15.6. The summed E-state index contributed by atoms with van der Waals surface area (Å²) in [5, 5.41) is 9.78. The molecule has 4 atom stereocenters. The predicted molar refractivity (Wildman–Crippen MR) is 154 cm³/mol. The van der Waals surface area contributed by atoms with Crippen LogP contribution in [0.4, 0.5) is 14.4 Å². The summed E-state index contributed by atoms with van der Waals surface area (Å²) in [5.74, 6) is -3.18. The first-order chi connectivity index (χ1) is 19.2. The van der Waals surface area contributed by atoms with Crippen molar-refractivity contribution in [1.82, 2.24) is 0 Å². The predicted octanol–water partition coefficient (Wildman–Crippen LogP) is 6.14. The molecule has 12 nitrogen and oxygen atoms in total. The summed E-state index contributed by atoms with van der Waals surface area (Å²) in [5.41, 5.74) is 5.74. The molecule has 42 heavy (non-hydrogen) atoms. The van der Waals surface area contributed by atoms with Gasteiger partial charge in [0.25, 0.3) is 0 Å². The van der Waals surface area contributed by atoms with Gasteiger partial charge in [0.15, 0.2) is 11.5 Å². The van der Waals surface area contributed by atoms with Crippen LogP contribution in [0.3, 0.4) is 0 Å². The van der Waals surface area contributed by atoms with Crippen LogP contribution in [0, 0.1) is 22.7 Å². The van der Waals surface area contributed by atoms with E-state index in [1.54, 1.807) is 13.8 Å². The van der Waals surface area contributed by atoms with Crippen molar-refractivity contribution in [3.63, 3.8) is 0 Å². The van der Waals surface area contributed by atoms with Gasteiger partial charge in [-0.3, -0.25) is 4.79 Å². The van der Waals surface area contributed by atoms with E-state index in [0.717, 1.165) is 0 Å². The largest absolute Gasteiger partial charge is 0.513 e. The van der Waals surface area contributed by atoms with Crippen LogP contribution in [-0.2, 0) is 23.7 Å². The molecule has 3 unspecified atom stereocenters. The van der Waals surface area contributed by atoms with E-state index in [4.69, 9.17) is 34.2 Å². The monoisotopic (exact) mass is 597 g/mol. The van der Waals surface area contributed by atoms with Gasteiger partial charge in [-0.25, -0.2) is 14.4 Å². The van der Waals surface area contributed by atoms with Crippen molar-refractivity contribution < 1.29 is 52.7 Å². The second-order valence-electron chi connectivity index (χ2n) is 13.1. The van der Waals surface area contributed by atoms with Gasteiger partial charge in [-0.2, -0.15) is 0 Å². The summed E-state index contributed by atoms with van der Waals surface area (Å²) < 4.78 is 31.5. The van der Waals surface area contributed by atoms with Crippen LogP contribution in [0.5, 0.6) is 11.5 Å². The lowest BCUT2D eigenvalue weighted by Crippen LogP contribution is -2.42. The normalized spacial score (nSPS) is 14.7. The number of hydrogen-bond acceptors (Lipinski definition) is 11. The third kappa shape index (κ3) is 13.4. The van der Waals surface area contributed by atoms with Crippen molar-refractivity contribution in [2.45, 2.75) is 87.3 Å². The van der Waals surface area contributed by atoms with Crippen LogP contribution >= 0.6 is 0 Å². The van der Waals surface area contributed by atoms with E-state index < -0.39 is 48.4 Å². The molecular formula is C30H47NO11. The molecule has 0 radical (unpaired) electrons. The first-order valence-electron chi connectivity index (χ1n) is 13.8. The molecule has 1 aromatic carbocycles. The second-order valence-corrected chi connectivity index (χ2v) is 13.1. The maximum Gasteiger partial charge on any atom is 0.513 e. The molecule has 0 bridgehead atoms. The molecule has 3 N–H and O–H groups in total. The molecule has 0 aliphatic rings. The Labute approximate surface area is 248 Å². The molecule has 0 aliphatic carbocycles. The molecule has 1 rings (SSSR count). The molecular weight excluding hydrogens is 550 g/mol. The molecule has 0 spiro atoms. The van der Waals surface area contributed by atoms with E-state index in [0.29, 0.717) is 5.56 Å². The van der Waals surface area contributed by atoms with Gasteiger partial charge in [-0.05, 0) is 41.4 Å². The van der Waals surface area contributed by atoms with E-state index in [1.165, 1.54) is 18.2 Å². The number of ether oxygens (including phenoxy) is 6. The third-order valence-corrected chi connectivity index (χ3v) is 5.78. The average Bonchev–Trinajstić information content (AvgIpc) is 2.85. The number of carbonyl (C=O) groups excluding carboxylic acids is 3.